The van der Waals surface area contributed by atoms with Gasteiger partial charge in [-0.2, -0.15) is 0 Å². The minimum absolute atomic E-state index is 0. The maximum absolute atomic E-state index is 2.46. The highest BCUT2D eigenvalue weighted by molar-refractivity contribution is 4.64. The average Bonchev–Trinajstić information content (AvgIpc) is 2.17. The third-order valence-corrected chi connectivity index (χ3v) is 3.38. The van der Waals surface area contributed by atoms with Crippen LogP contribution >= 0.6 is 0 Å². The van der Waals surface area contributed by atoms with E-state index in [2.05, 4.69) is 79.0 Å². The summed E-state index contributed by atoms with van der Waals surface area (Å²) < 4.78 is 0. The van der Waals surface area contributed by atoms with Crippen LogP contribution in [0.5, 0.6) is 0 Å². The highest BCUT2D eigenvalue weighted by atomic mass is 19.0. The van der Waals surface area contributed by atoms with Crippen LogP contribution < -0.4 is 0 Å². The molecule has 0 saturated heterocycles. The smallest absolute Gasteiger partial charge is 0.00411 e. The summed E-state index contributed by atoms with van der Waals surface area (Å²) >= 11 is 0. The van der Waals surface area contributed by atoms with Gasteiger partial charge in [-0.25, -0.2) is 0 Å². The predicted octanol–water partition coefficient (Wildman–Crippen LogP) is 4.40. The van der Waals surface area contributed by atoms with Gasteiger partial charge in [0.15, 0.2) is 0 Å². The lowest BCUT2D eigenvalue weighted by atomic mass is 10.2. The van der Waals surface area contributed by atoms with Crippen molar-refractivity contribution in [2.24, 2.45) is 0 Å². The Balaban J connectivity index is -0.000000256. The summed E-state index contributed by atoms with van der Waals surface area (Å²) in [5, 5.41) is 0. The zero-order valence-electron chi connectivity index (χ0n) is 15.0. The monoisotopic (exact) mass is 278 g/mol. The lowest BCUT2D eigenvalue weighted by Gasteiger charge is -2.28. The van der Waals surface area contributed by atoms with Gasteiger partial charge in [0.1, 0.15) is 0 Å². The minimum atomic E-state index is 0. The summed E-state index contributed by atoms with van der Waals surface area (Å²) in [5.74, 6) is 0. The van der Waals surface area contributed by atoms with Crippen molar-refractivity contribution in [2.75, 3.05) is 13.1 Å². The molecule has 0 aliphatic heterocycles. The molecule has 0 atom stereocenters. The normalized spacial score (nSPS) is 11.4. The Hall–Kier alpha value is -0.150. The third kappa shape index (κ3) is 11.4. The maximum Gasteiger partial charge on any atom is 0.00411 e. The van der Waals surface area contributed by atoms with Gasteiger partial charge < -0.3 is 0 Å². The van der Waals surface area contributed by atoms with Gasteiger partial charge in [-0.3, -0.25) is 14.5 Å². The number of hydrogen-bond acceptors (Lipinski definition) is 2. The van der Waals surface area contributed by atoms with Gasteiger partial charge in [0.2, 0.25) is 0 Å². The Morgan fingerprint density at radius 1 is 0.526 bits per heavy atom. The van der Waals surface area contributed by atoms with E-state index >= 15 is 0 Å². The van der Waals surface area contributed by atoms with Gasteiger partial charge in [0.25, 0.3) is 0 Å². The largest absolute Gasteiger partial charge is 0.299 e. The van der Waals surface area contributed by atoms with Crippen molar-refractivity contribution in [3.63, 3.8) is 0 Å². The molecule has 0 bridgehead atoms. The van der Waals surface area contributed by atoms with E-state index in [9.17, 15) is 0 Å². The van der Waals surface area contributed by atoms with Crippen molar-refractivity contribution in [1.29, 1.82) is 0 Å². The van der Waals surface area contributed by atoms with Gasteiger partial charge >= 0.3 is 0 Å². The second kappa shape index (κ2) is 12.9. The van der Waals surface area contributed by atoms with Gasteiger partial charge in [0.05, 0.1) is 0 Å². The van der Waals surface area contributed by atoms with E-state index in [0.717, 1.165) is 13.1 Å². The van der Waals surface area contributed by atoms with Crippen LogP contribution in [0.15, 0.2) is 0 Å². The van der Waals surface area contributed by atoms with Crippen LogP contribution in [0, 0.1) is 0 Å². The summed E-state index contributed by atoms with van der Waals surface area (Å²) in [6.45, 7) is 24.7. The molecule has 0 fully saturated rings. The first-order valence-corrected chi connectivity index (χ1v) is 7.70. The van der Waals surface area contributed by atoms with Crippen LogP contribution in [0.1, 0.15) is 69.2 Å². The molecular formula is C16H39FN2. The minimum Gasteiger partial charge on any atom is -0.299 e. The topological polar surface area (TPSA) is 6.48 Å². The lowest BCUT2D eigenvalue weighted by molar-refractivity contribution is 0.185. The molecule has 3 heteroatoms. The van der Waals surface area contributed by atoms with Gasteiger partial charge in [-0.15, -0.1) is 0 Å². The summed E-state index contributed by atoms with van der Waals surface area (Å²) in [4.78, 5) is 4.92. The Morgan fingerprint density at radius 2 is 0.684 bits per heavy atom. The standard InChI is InChI=1S/2C8H19N.FH/c2*1-6-9(7(2)3)8(4)5;/h2*7-8H,6H2,1-5H3;1H. The predicted molar refractivity (Wildman–Crippen MR) is 87.8 cm³/mol. The van der Waals surface area contributed by atoms with E-state index in [4.69, 9.17) is 0 Å². The fraction of sp³-hybridized carbons (Fsp3) is 1.00. The summed E-state index contributed by atoms with van der Waals surface area (Å²) in [6, 6.07) is 2.76. The van der Waals surface area contributed by atoms with Crippen LogP contribution in [0.2, 0.25) is 0 Å². The quantitative estimate of drug-likeness (QED) is 0.710. The highest BCUT2D eigenvalue weighted by Crippen LogP contribution is 2.03. The SMILES string of the molecule is CCN(C(C)C)C(C)C.CCN(C(C)C)C(C)C.F. The molecule has 0 radical (unpaired) electrons. The molecule has 0 aliphatic rings. The first kappa shape index (κ1) is 23.9. The maximum atomic E-state index is 2.46. The molecule has 0 aromatic heterocycles. The fourth-order valence-electron chi connectivity index (χ4n) is 2.65. The van der Waals surface area contributed by atoms with Gasteiger partial charge in [0, 0.05) is 24.2 Å². The fourth-order valence-corrected chi connectivity index (χ4v) is 2.65. The third-order valence-electron chi connectivity index (χ3n) is 3.38. The molecule has 0 N–H and O–H groups in total. The average molecular weight is 278 g/mol. The molecule has 0 aromatic carbocycles. The number of rotatable bonds is 6. The summed E-state index contributed by atoms with van der Waals surface area (Å²) in [6.07, 6.45) is 0. The van der Waals surface area contributed by atoms with E-state index in [1.165, 1.54) is 0 Å². The zero-order chi connectivity index (χ0) is 14.9. The molecule has 19 heavy (non-hydrogen) atoms. The van der Waals surface area contributed by atoms with E-state index < -0.39 is 0 Å². The number of halogens is 1. The Labute approximate surface area is 121 Å². The van der Waals surface area contributed by atoms with Crippen molar-refractivity contribution in [3.8, 4) is 0 Å². The van der Waals surface area contributed by atoms with Crippen LogP contribution in [0.4, 0.5) is 4.70 Å². The van der Waals surface area contributed by atoms with Crippen LogP contribution in [0.3, 0.4) is 0 Å². The molecule has 0 heterocycles. The van der Waals surface area contributed by atoms with E-state index in [-0.39, 0.29) is 4.70 Å². The van der Waals surface area contributed by atoms with Crippen LogP contribution in [-0.4, -0.2) is 47.1 Å². The molecule has 2 nitrogen and oxygen atoms in total. The second-order valence-corrected chi connectivity index (χ2v) is 6.04. The summed E-state index contributed by atoms with van der Waals surface area (Å²) in [7, 11) is 0. The lowest BCUT2D eigenvalue weighted by Crippen LogP contribution is -2.36. The Kier molecular flexibility index (Phi) is 16.2. The van der Waals surface area contributed by atoms with Crippen LogP contribution in [0.25, 0.3) is 0 Å². The van der Waals surface area contributed by atoms with Crippen molar-refractivity contribution >= 4 is 0 Å². The molecule has 0 unspecified atom stereocenters. The first-order valence-electron chi connectivity index (χ1n) is 7.70. The number of hydrogen-bond donors (Lipinski definition) is 0. The molecule has 0 aliphatic carbocycles. The highest BCUT2D eigenvalue weighted by Gasteiger charge is 2.09. The Bertz CT molecular complexity index is 144. The van der Waals surface area contributed by atoms with Gasteiger partial charge in [-0.05, 0) is 68.5 Å². The Morgan fingerprint density at radius 3 is 0.684 bits per heavy atom. The summed E-state index contributed by atoms with van der Waals surface area (Å²) in [5.41, 5.74) is 0. The molecule has 0 saturated carbocycles. The molecule has 0 amide bonds. The molecule has 0 spiro atoms. The molecule has 0 aromatic rings. The van der Waals surface area contributed by atoms with Crippen molar-refractivity contribution < 1.29 is 4.70 Å². The molecular weight excluding hydrogens is 239 g/mol. The van der Waals surface area contributed by atoms with Crippen molar-refractivity contribution in [2.45, 2.75) is 93.4 Å². The van der Waals surface area contributed by atoms with E-state index in [1.807, 2.05) is 0 Å². The first-order chi connectivity index (χ1) is 8.18. The molecule has 120 valence electrons. The van der Waals surface area contributed by atoms with Gasteiger partial charge in [-0.1, -0.05) is 13.8 Å². The van der Waals surface area contributed by atoms with E-state index in [1.54, 1.807) is 0 Å². The van der Waals surface area contributed by atoms with Crippen LogP contribution in [-0.2, 0) is 0 Å². The van der Waals surface area contributed by atoms with Crippen molar-refractivity contribution in [3.05, 3.63) is 0 Å². The zero-order valence-corrected chi connectivity index (χ0v) is 15.0. The van der Waals surface area contributed by atoms with Crippen molar-refractivity contribution in [1.82, 2.24) is 9.80 Å². The second-order valence-electron chi connectivity index (χ2n) is 6.04. The number of nitrogens with zero attached hydrogens (tertiary/aromatic N) is 2. The van der Waals surface area contributed by atoms with E-state index in [0.29, 0.717) is 24.2 Å². The molecule has 0 rings (SSSR count).